The molecule has 0 spiro atoms. The van der Waals surface area contributed by atoms with Crippen LogP contribution in [0.15, 0.2) is 0 Å². The molecule has 0 aromatic carbocycles. The Kier molecular flexibility index (Phi) is 3.76. The second kappa shape index (κ2) is 3.81. The van der Waals surface area contributed by atoms with Crippen LogP contribution in [0.2, 0.25) is 0 Å². The fourth-order valence-electron chi connectivity index (χ4n) is 0.448. The molecule has 9 heavy (non-hydrogen) atoms. The van der Waals surface area contributed by atoms with Gasteiger partial charge in [-0.2, -0.15) is 0 Å². The zero-order chi connectivity index (χ0) is 7.33. The van der Waals surface area contributed by atoms with Crippen LogP contribution < -0.4 is 10.9 Å². The molecule has 0 aromatic rings. The summed E-state index contributed by atoms with van der Waals surface area (Å²) in [5, 5.41) is 4.71. The molecule has 0 aliphatic heterocycles. The SMILES string of the molecule is NCCCCS(N)(=O)=O. The molecule has 0 aliphatic rings. The third-order valence-electron chi connectivity index (χ3n) is 0.883. The van der Waals surface area contributed by atoms with Gasteiger partial charge < -0.3 is 5.73 Å². The van der Waals surface area contributed by atoms with Gasteiger partial charge in [0.15, 0.2) is 0 Å². The fourth-order valence-corrected chi connectivity index (χ4v) is 1.05. The number of hydrogen-bond acceptors (Lipinski definition) is 3. The molecule has 4 N–H and O–H groups in total. The van der Waals surface area contributed by atoms with E-state index in [0.29, 0.717) is 13.0 Å². The van der Waals surface area contributed by atoms with Crippen molar-refractivity contribution in [3.05, 3.63) is 0 Å². The minimum Gasteiger partial charge on any atom is -0.330 e. The number of primary sulfonamides is 1. The van der Waals surface area contributed by atoms with Gasteiger partial charge in [0, 0.05) is 0 Å². The summed E-state index contributed by atoms with van der Waals surface area (Å²) in [7, 11) is -3.25. The quantitative estimate of drug-likeness (QED) is 0.507. The van der Waals surface area contributed by atoms with Crippen LogP contribution in [0.5, 0.6) is 0 Å². The smallest absolute Gasteiger partial charge is 0.209 e. The molecule has 5 heteroatoms. The van der Waals surface area contributed by atoms with Crippen molar-refractivity contribution in [3.8, 4) is 0 Å². The van der Waals surface area contributed by atoms with Crippen molar-refractivity contribution in [2.24, 2.45) is 10.9 Å². The molecule has 0 aliphatic carbocycles. The molecule has 0 saturated heterocycles. The highest BCUT2D eigenvalue weighted by molar-refractivity contribution is 7.89. The Labute approximate surface area is 55.3 Å². The maximum Gasteiger partial charge on any atom is 0.209 e. The van der Waals surface area contributed by atoms with E-state index >= 15 is 0 Å². The van der Waals surface area contributed by atoms with Crippen molar-refractivity contribution < 1.29 is 8.42 Å². The second-order valence-electron chi connectivity index (χ2n) is 1.86. The van der Waals surface area contributed by atoms with Crippen LogP contribution in [0.4, 0.5) is 0 Å². The summed E-state index contributed by atoms with van der Waals surface area (Å²) in [5.41, 5.74) is 5.12. The van der Waals surface area contributed by atoms with Gasteiger partial charge in [0.2, 0.25) is 10.0 Å². The molecule has 0 radical (unpaired) electrons. The summed E-state index contributed by atoms with van der Waals surface area (Å²) in [4.78, 5) is 0. The van der Waals surface area contributed by atoms with Crippen LogP contribution in [0, 0.1) is 0 Å². The Balaban J connectivity index is 3.30. The molecule has 0 fully saturated rings. The highest BCUT2D eigenvalue weighted by Gasteiger charge is 1.99. The highest BCUT2D eigenvalue weighted by atomic mass is 32.2. The summed E-state index contributed by atoms with van der Waals surface area (Å²) in [6.45, 7) is 0.523. The number of sulfonamides is 1. The standard InChI is InChI=1S/C4H12N2O2S/c5-3-1-2-4-9(6,7)8/h1-5H2,(H2,6,7,8). The molecule has 4 nitrogen and oxygen atoms in total. The fraction of sp³-hybridized carbons (Fsp3) is 1.00. The van der Waals surface area contributed by atoms with Gasteiger partial charge in [-0.15, -0.1) is 0 Å². The van der Waals surface area contributed by atoms with Crippen molar-refractivity contribution >= 4 is 10.0 Å². The molecule has 0 bridgehead atoms. The topological polar surface area (TPSA) is 86.2 Å². The lowest BCUT2D eigenvalue weighted by Gasteiger charge is -1.94. The normalized spacial score (nSPS) is 11.8. The first-order chi connectivity index (χ1) is 4.06. The minimum absolute atomic E-state index is 0.0458. The summed E-state index contributed by atoms with van der Waals surface area (Å²) in [6, 6.07) is 0. The van der Waals surface area contributed by atoms with E-state index in [1.807, 2.05) is 0 Å². The van der Waals surface area contributed by atoms with Gasteiger partial charge in [-0.05, 0) is 19.4 Å². The average Bonchev–Trinajstić information content (AvgIpc) is 1.63. The Hall–Kier alpha value is -0.130. The highest BCUT2D eigenvalue weighted by Crippen LogP contribution is 1.88. The molecule has 0 amide bonds. The van der Waals surface area contributed by atoms with E-state index < -0.39 is 10.0 Å². The summed E-state index contributed by atoms with van der Waals surface area (Å²) >= 11 is 0. The van der Waals surface area contributed by atoms with Crippen LogP contribution in [0.1, 0.15) is 12.8 Å². The molecular weight excluding hydrogens is 140 g/mol. The summed E-state index contributed by atoms with van der Waals surface area (Å²) in [6.07, 6.45) is 1.28. The van der Waals surface area contributed by atoms with E-state index in [9.17, 15) is 8.42 Å². The predicted octanol–water partition coefficient (Wildman–Crippen LogP) is -0.986. The van der Waals surface area contributed by atoms with Gasteiger partial charge in [0.05, 0.1) is 5.75 Å². The monoisotopic (exact) mass is 152 g/mol. The van der Waals surface area contributed by atoms with Gasteiger partial charge in [-0.3, -0.25) is 0 Å². The van der Waals surface area contributed by atoms with E-state index in [2.05, 4.69) is 0 Å². The van der Waals surface area contributed by atoms with Gasteiger partial charge in [-0.25, -0.2) is 13.6 Å². The minimum atomic E-state index is -3.25. The van der Waals surface area contributed by atoms with Crippen LogP contribution in [0.25, 0.3) is 0 Å². The molecule has 0 heterocycles. The van der Waals surface area contributed by atoms with E-state index in [-0.39, 0.29) is 5.75 Å². The molecular formula is C4H12N2O2S. The molecule has 0 atom stereocenters. The van der Waals surface area contributed by atoms with Gasteiger partial charge >= 0.3 is 0 Å². The van der Waals surface area contributed by atoms with Crippen LogP contribution in [0.3, 0.4) is 0 Å². The third-order valence-corrected chi connectivity index (χ3v) is 1.74. The zero-order valence-electron chi connectivity index (χ0n) is 5.21. The lowest BCUT2D eigenvalue weighted by atomic mass is 10.3. The van der Waals surface area contributed by atoms with Crippen molar-refractivity contribution in [3.63, 3.8) is 0 Å². The van der Waals surface area contributed by atoms with Crippen LogP contribution in [-0.4, -0.2) is 20.7 Å². The lowest BCUT2D eigenvalue weighted by molar-refractivity contribution is 0.593. The molecule has 0 aromatic heterocycles. The van der Waals surface area contributed by atoms with Crippen LogP contribution >= 0.6 is 0 Å². The number of unbranched alkanes of at least 4 members (excludes halogenated alkanes) is 1. The maximum absolute atomic E-state index is 10.2. The first-order valence-corrected chi connectivity index (χ1v) is 4.48. The third kappa shape index (κ3) is 7.87. The molecule has 0 saturated carbocycles. The van der Waals surface area contributed by atoms with E-state index in [1.54, 1.807) is 0 Å². The van der Waals surface area contributed by atoms with Gasteiger partial charge in [0.25, 0.3) is 0 Å². The first-order valence-electron chi connectivity index (χ1n) is 2.77. The van der Waals surface area contributed by atoms with Crippen molar-refractivity contribution in [1.82, 2.24) is 0 Å². The molecule has 0 rings (SSSR count). The number of rotatable bonds is 4. The number of nitrogens with two attached hydrogens (primary N) is 2. The maximum atomic E-state index is 10.2. The first kappa shape index (κ1) is 8.87. The Bertz CT molecular complexity index is 152. The molecule has 56 valence electrons. The largest absolute Gasteiger partial charge is 0.330 e. The Morgan fingerprint density at radius 1 is 1.22 bits per heavy atom. The average molecular weight is 152 g/mol. The predicted molar refractivity (Wildman–Crippen MR) is 36.3 cm³/mol. The van der Waals surface area contributed by atoms with E-state index in [1.165, 1.54) is 0 Å². The van der Waals surface area contributed by atoms with Crippen molar-refractivity contribution in [2.75, 3.05) is 12.3 Å². The Morgan fingerprint density at radius 3 is 2.11 bits per heavy atom. The van der Waals surface area contributed by atoms with E-state index in [0.717, 1.165) is 6.42 Å². The van der Waals surface area contributed by atoms with Gasteiger partial charge in [0.1, 0.15) is 0 Å². The van der Waals surface area contributed by atoms with Crippen LogP contribution in [-0.2, 0) is 10.0 Å². The van der Waals surface area contributed by atoms with Crippen molar-refractivity contribution in [1.29, 1.82) is 0 Å². The van der Waals surface area contributed by atoms with Gasteiger partial charge in [-0.1, -0.05) is 0 Å². The lowest BCUT2D eigenvalue weighted by Crippen LogP contribution is -2.17. The second-order valence-corrected chi connectivity index (χ2v) is 3.60. The summed E-state index contributed by atoms with van der Waals surface area (Å²) < 4.78 is 20.5. The zero-order valence-corrected chi connectivity index (χ0v) is 6.02. The molecule has 0 unspecified atom stereocenters. The summed E-state index contributed by atoms with van der Waals surface area (Å²) in [5.74, 6) is 0.0458. The van der Waals surface area contributed by atoms with Crippen molar-refractivity contribution in [2.45, 2.75) is 12.8 Å². The Morgan fingerprint density at radius 2 is 1.78 bits per heavy atom. The number of hydrogen-bond donors (Lipinski definition) is 2. The van der Waals surface area contributed by atoms with E-state index in [4.69, 9.17) is 10.9 Å².